The van der Waals surface area contributed by atoms with Gasteiger partial charge < -0.3 is 104 Å². The molecule has 4 aliphatic rings. The second kappa shape index (κ2) is 48.5. The fourth-order valence-electron chi connectivity index (χ4n) is 14.6. The molecule has 4 aliphatic heterocycles. The van der Waals surface area contributed by atoms with Crippen LogP contribution in [-0.2, 0) is 157 Å². The molecule has 6 heterocycles. The number of carbonyl (C=O) groups is 4. The van der Waals surface area contributed by atoms with Gasteiger partial charge in [-0.2, -0.15) is 64.5 Å². The summed E-state index contributed by atoms with van der Waals surface area (Å²) in [4.78, 5) is 228. The molecule has 2 saturated heterocycles. The lowest BCUT2D eigenvalue weighted by molar-refractivity contribution is -0.437. The molecule has 18 atom stereocenters. The van der Waals surface area contributed by atoms with Crippen molar-refractivity contribution in [2.45, 2.75) is 166 Å². The number of aliphatic hydroxyl groups excluding tert-OH is 2. The van der Waals surface area contributed by atoms with Crippen LogP contribution in [0.3, 0.4) is 0 Å². The summed E-state index contributed by atoms with van der Waals surface area (Å²) in [6.45, 7) is 4.00. The van der Waals surface area contributed by atoms with Gasteiger partial charge >= 0.3 is 117 Å². The van der Waals surface area contributed by atoms with Crippen molar-refractivity contribution in [1.29, 1.82) is 0 Å². The molecular weight excluding hydrogens is 2260 g/mol. The van der Waals surface area contributed by atoms with Gasteiger partial charge in [0.15, 0.2) is 5.71 Å². The zero-order valence-corrected chi connectivity index (χ0v) is 87.9. The topological polar surface area (TPSA) is 993 Å². The second-order valence-corrected chi connectivity index (χ2v) is 54.4. The number of aromatic amines is 2. The Labute approximate surface area is 817 Å². The SMILES string of the molecule is Cc1cn([C@@H]2C[C@@H](O)[C@H](COP(=O)(O)OP(=O)(O)OP(=O)(O)OP(=O)(O)OP(=O)(O)OP(=O)(O)OCCCCCCNC(=O)c3cc(C(=O)O)c4c(c3)N(CCCS(=O)(=O)O)/C(=C\C=C\C3=[N+](CCCS(=O)(=O)O)c5cc(C(=O)NCCCCCCOP(=O)(O)OP(=O)(O)OP(=O)(O)OP(=O)(O)OP(=O)(O)OP(=O)(O)OC[C@@H]6O[C@H](n7cc(C)c(=O)[nH]c7=O)C[C@H]6O)cc(C(=O)O)c5C3(C)C)C4(C)C)O2)c(=O)[nH]c1=O. The molecule has 818 valence electrons. The van der Waals surface area contributed by atoms with Gasteiger partial charge in [0, 0.05) is 108 Å². The van der Waals surface area contributed by atoms with E-state index in [0.717, 1.165) is 33.7 Å². The van der Waals surface area contributed by atoms with Gasteiger partial charge in [-0.1, -0.05) is 45.6 Å². The minimum absolute atomic E-state index is 0.0255. The molecule has 0 radical (unpaired) electrons. The highest BCUT2D eigenvalue weighted by Gasteiger charge is 2.55. The predicted octanol–water partition coefficient (Wildman–Crippen LogP) is 5.28. The number of aliphatic hydroxyl groups is 2. The van der Waals surface area contributed by atoms with E-state index in [4.69, 9.17) is 9.47 Å². The number of ether oxygens (including phenoxy) is 2. The van der Waals surface area contributed by atoms with Gasteiger partial charge in [-0.25, -0.2) is 74.0 Å². The number of anilines is 1. The van der Waals surface area contributed by atoms with Gasteiger partial charge in [0.05, 0.1) is 72.2 Å². The van der Waals surface area contributed by atoms with Crippen molar-refractivity contribution in [1.82, 2.24) is 29.7 Å². The molecule has 2 fully saturated rings. The van der Waals surface area contributed by atoms with Crippen molar-refractivity contribution >= 4 is 155 Å². The summed E-state index contributed by atoms with van der Waals surface area (Å²) in [5, 5.41) is 47.4. The van der Waals surface area contributed by atoms with Crippen LogP contribution in [-0.4, -0.2) is 247 Å². The molecule has 0 bridgehead atoms. The normalized spacial score (nSPS) is 23.3. The lowest BCUT2D eigenvalue weighted by Gasteiger charge is -2.27. The number of hydrogen-bond donors (Lipinski definition) is 22. The van der Waals surface area contributed by atoms with Crippen molar-refractivity contribution in [3.8, 4) is 0 Å². The number of aromatic nitrogens is 4. The van der Waals surface area contributed by atoms with Gasteiger partial charge in [0.25, 0.3) is 43.2 Å². The van der Waals surface area contributed by atoms with Crippen molar-refractivity contribution < 1.29 is 254 Å². The Hall–Kier alpha value is -5.99. The summed E-state index contributed by atoms with van der Waals surface area (Å²) < 4.78 is 288. The fourth-order valence-corrected chi connectivity index (χ4v) is 31.2. The number of hydrogen-bond acceptors (Lipinski definition) is 43. The smallest absolute Gasteiger partial charge is 0.478 e. The number of carboxylic acids is 2. The maximum atomic E-state index is 13.9. The first-order valence-corrected chi connectivity index (χ1v) is 62.4. The van der Waals surface area contributed by atoms with E-state index in [9.17, 15) is 198 Å². The molecule has 0 saturated carbocycles. The molecule has 0 aliphatic carbocycles. The zero-order valence-electron chi connectivity index (χ0n) is 75.6. The molecule has 80 heteroatoms. The Kier molecular flexibility index (Phi) is 41.6. The van der Waals surface area contributed by atoms with Crippen molar-refractivity contribution in [2.24, 2.45) is 0 Å². The number of phosphoric ester groups is 4. The van der Waals surface area contributed by atoms with Gasteiger partial charge in [0.1, 0.15) is 31.2 Å². The van der Waals surface area contributed by atoms with Crippen molar-refractivity contribution in [3.63, 3.8) is 0 Å². The van der Waals surface area contributed by atoms with Crippen molar-refractivity contribution in [3.05, 3.63) is 147 Å². The van der Waals surface area contributed by atoms with Crippen LogP contribution in [0.25, 0.3) is 0 Å². The van der Waals surface area contributed by atoms with E-state index in [1.807, 2.05) is 9.97 Å². The maximum Gasteiger partial charge on any atom is 0.490 e. The number of carbonyl (C=O) groups excluding carboxylic acids is 2. The number of H-pyrrole nitrogens is 2. The predicted molar refractivity (Wildman–Crippen MR) is 485 cm³/mol. The van der Waals surface area contributed by atoms with Gasteiger partial charge in [-0.15, -0.1) is 0 Å². The highest BCUT2D eigenvalue weighted by molar-refractivity contribution is 7.86. The number of fused-ring (bicyclic) bond motifs is 2. The Morgan fingerprint density at radius 3 is 1.17 bits per heavy atom. The summed E-state index contributed by atoms with van der Waals surface area (Å²) in [5.74, 6) is -6.55. The number of benzene rings is 2. The molecular formula is C65H99N8O58P12S2+. The monoisotopic (exact) mass is 2360 g/mol. The van der Waals surface area contributed by atoms with E-state index in [1.54, 1.807) is 27.7 Å². The van der Waals surface area contributed by atoms with E-state index in [2.05, 4.69) is 71.8 Å². The van der Waals surface area contributed by atoms with Crippen molar-refractivity contribution in [2.75, 3.05) is 69.0 Å². The first-order chi connectivity index (χ1) is 66.2. The standard InChI is InChI=1S/C65H98N8O58P12S2/c1-38-34-72(62(84)68-56(38)76)52-32-46(74)48(120-52)36-118-134(90,91)124-138(98,99)128-142(106,107)130-140(102,103)126-136(94,95)122-132(86,87)116-24-13-9-7-11-20-66-58(78)40-28-42(60(80)81)54-44(30-40)70(22-16-26-144(110,111)112)50(64(54,3)4)18-15-19-51-65(5,6)55-43(61(82)83)29-41(31-45(55)71(51)23-17-27-145(113,114)115)59(79)67-21-12-8-10-14-25-117-133(88,89)123-137(96,97)127-141(104,105)131-143(108,109)129-139(100,101)125-135(92,93)119-37-49-47(75)33-53(121-49)73-35-39(2)57(77)69-63(73)85/h15,18-19,28-31,34-35,46-49,52-53,74-75H,7-14,16-17,20-27,32-33,36-37H2,1-6H3,(H19-,66,67,68,69,76,77,78,79,80,81,82,83,84,85,86,87,88,89,90,91,92,93,94,95,96,97,98,99,100,101,102,103,104,105,106,107,108,109,110,111,112,113,114,115)/p+1/t46-,47-,48+,49+,52+,53+/m1/s1. The molecule has 2 aromatic heterocycles. The number of allylic oxidation sites excluding steroid dienone is 4. The third-order valence-electron chi connectivity index (χ3n) is 20.4. The third kappa shape index (κ3) is 37.2. The van der Waals surface area contributed by atoms with E-state index < -0.39 is 270 Å². The van der Waals surface area contributed by atoms with Crippen LogP contribution in [0.4, 0.5) is 11.4 Å². The minimum atomic E-state index is -6.67. The van der Waals surface area contributed by atoms with Gasteiger partial charge in [0.2, 0.25) is 5.69 Å². The number of nitrogens with zero attached hydrogens (tertiary/aromatic N) is 4. The summed E-state index contributed by atoms with van der Waals surface area (Å²) in [6.07, 6.45) is -3.81. The van der Waals surface area contributed by atoms with Crippen LogP contribution in [0.15, 0.2) is 79.8 Å². The fraction of sp³-hybridized carbons (Fsp3) is 0.554. The number of carboxylic acid groups (broad SMARTS) is 2. The van der Waals surface area contributed by atoms with E-state index in [-0.39, 0.29) is 147 Å². The molecule has 2 amide bonds. The zero-order chi connectivity index (χ0) is 109. The number of aryl methyl sites for hydroxylation is 2. The average molecular weight is 2360 g/mol. The quantitative estimate of drug-likeness (QED) is 0.0116. The Bertz CT molecular complexity index is 6840. The number of rotatable bonds is 58. The molecule has 145 heavy (non-hydrogen) atoms. The molecule has 4 aromatic rings. The highest BCUT2D eigenvalue weighted by Crippen LogP contribution is 2.78. The number of amides is 2. The summed E-state index contributed by atoms with van der Waals surface area (Å²) >= 11 is 0. The Morgan fingerprint density at radius 1 is 0.469 bits per heavy atom. The van der Waals surface area contributed by atoms with Crippen LogP contribution < -0.4 is 38.0 Å². The number of phosphoric acid groups is 12. The maximum absolute atomic E-state index is 13.9. The Balaban J connectivity index is 0.829. The largest absolute Gasteiger partial charge is 0.490 e. The Morgan fingerprint density at radius 2 is 0.807 bits per heavy atom. The average Bonchev–Trinajstić information content (AvgIpc) is 1.57. The molecule has 8 rings (SSSR count). The first-order valence-electron chi connectivity index (χ1n) is 41.2. The molecule has 2 aromatic carbocycles. The highest BCUT2D eigenvalue weighted by atomic mass is 32.2. The van der Waals surface area contributed by atoms with Gasteiger partial charge in [-0.05, 0) is 84.1 Å². The van der Waals surface area contributed by atoms with Crippen LogP contribution in [0.2, 0.25) is 0 Å². The van der Waals surface area contributed by atoms with Crippen LogP contribution in [0, 0.1) is 13.8 Å². The summed E-state index contributed by atoms with van der Waals surface area (Å²) in [5.41, 5.74) is -6.93. The van der Waals surface area contributed by atoms with E-state index in [1.165, 1.54) is 53.7 Å². The van der Waals surface area contributed by atoms with Crippen LogP contribution >= 0.6 is 93.9 Å². The van der Waals surface area contributed by atoms with Gasteiger partial charge in [-0.3, -0.25) is 65.5 Å². The van der Waals surface area contributed by atoms with E-state index >= 15 is 0 Å². The van der Waals surface area contributed by atoms with Crippen LogP contribution in [0.1, 0.15) is 181 Å². The minimum Gasteiger partial charge on any atom is -0.478 e. The molecule has 22 N–H and O–H groups in total. The second-order valence-electron chi connectivity index (χ2n) is 32.4. The third-order valence-corrected chi connectivity index (χ3v) is 40.5. The summed E-state index contributed by atoms with van der Waals surface area (Å²) in [6, 6.07) is 4.66. The molecule has 66 nitrogen and oxygen atoms in total. The first kappa shape index (κ1) is 124. The summed E-state index contributed by atoms with van der Waals surface area (Å²) in [7, 11) is -85.6. The lowest BCUT2D eigenvalue weighted by Crippen LogP contribution is -2.33. The number of aromatic carboxylic acids is 2. The number of unbranched alkanes of at least 4 members (excludes halogenated alkanes) is 6. The molecule has 0 spiro atoms. The number of nitrogens with one attached hydrogen (secondary N) is 4. The van der Waals surface area contributed by atoms with Crippen LogP contribution in [0.5, 0.6) is 0 Å². The lowest BCUT2D eigenvalue weighted by atomic mass is 9.78. The van der Waals surface area contributed by atoms with E-state index in [0.29, 0.717) is 0 Å². The molecule has 12 unspecified atom stereocenters.